The molecule has 12 nitrogen and oxygen atoms in total. The van der Waals surface area contributed by atoms with Crippen LogP contribution in [0.3, 0.4) is 0 Å². The predicted molar refractivity (Wildman–Crippen MR) is 241 cm³/mol. The molecule has 3 aromatic carbocycles. The first-order valence-electron chi connectivity index (χ1n) is 21.3. The number of aryl methyl sites for hydroxylation is 1. The molecule has 0 spiro atoms. The summed E-state index contributed by atoms with van der Waals surface area (Å²) in [7, 11) is 0.585. The molecule has 6 aromatic rings. The van der Waals surface area contributed by atoms with Gasteiger partial charge in [-0.05, 0) is 80.4 Å². The molecule has 60 heavy (non-hydrogen) atoms. The minimum Gasteiger partial charge on any atom is -0.355 e. The summed E-state index contributed by atoms with van der Waals surface area (Å²) in [5, 5.41) is 1.09. The van der Waals surface area contributed by atoms with Gasteiger partial charge < -0.3 is 14.8 Å². The van der Waals surface area contributed by atoms with Crippen molar-refractivity contribution in [3.05, 3.63) is 132 Å². The van der Waals surface area contributed by atoms with Crippen LogP contribution in [0.15, 0.2) is 115 Å². The number of piperidine rings is 2. The Labute approximate surface area is 355 Å². The Bertz CT molecular complexity index is 2450. The number of likely N-dealkylation sites (tertiary alicyclic amines) is 2. The highest BCUT2D eigenvalue weighted by Gasteiger charge is 2.37. The number of nitrogens with one attached hydrogen (secondary N) is 1. The first-order valence-corrected chi connectivity index (χ1v) is 22.7. The van der Waals surface area contributed by atoms with Crippen LogP contribution in [0.1, 0.15) is 48.9 Å². The fourth-order valence-electron chi connectivity index (χ4n) is 9.19. The van der Waals surface area contributed by atoms with Gasteiger partial charge in [0.05, 0.1) is 10.3 Å². The van der Waals surface area contributed by atoms with Gasteiger partial charge in [-0.1, -0.05) is 92.2 Å². The second-order valence-electron chi connectivity index (χ2n) is 16.9. The van der Waals surface area contributed by atoms with E-state index in [9.17, 15) is 8.42 Å². The Morgan fingerprint density at radius 3 is 1.83 bits per heavy atom. The number of H-pyrrole nitrogens is 1. The van der Waals surface area contributed by atoms with E-state index in [1.165, 1.54) is 28.2 Å². The number of hydrogen-bond donors (Lipinski definition) is 1. The van der Waals surface area contributed by atoms with E-state index in [0.717, 1.165) is 79.5 Å². The maximum absolute atomic E-state index is 13.4. The number of aromatic nitrogens is 5. The molecule has 0 amide bonds. The Morgan fingerprint density at radius 1 is 0.683 bits per heavy atom. The van der Waals surface area contributed by atoms with Crippen LogP contribution in [-0.2, 0) is 29.5 Å². The molecule has 3 aliphatic rings. The molecule has 0 radical (unpaired) electrons. The summed E-state index contributed by atoms with van der Waals surface area (Å²) in [6.45, 7) is 13.2. The molecule has 0 saturated carbocycles. The van der Waals surface area contributed by atoms with Crippen LogP contribution in [0.5, 0.6) is 0 Å². The molecule has 4 unspecified atom stereocenters. The highest BCUT2D eigenvalue weighted by Crippen LogP contribution is 2.37. The number of nitrogens with zero attached hydrogens (tertiary/aromatic N) is 9. The molecule has 3 aromatic heterocycles. The van der Waals surface area contributed by atoms with E-state index in [-0.39, 0.29) is 6.04 Å². The third-order valence-electron chi connectivity index (χ3n) is 12.8. The molecule has 4 atom stereocenters. The zero-order valence-electron chi connectivity index (χ0n) is 35.5. The van der Waals surface area contributed by atoms with Gasteiger partial charge in [0.25, 0.3) is 10.0 Å². The number of fused-ring (bicyclic) bond motifs is 2. The Morgan fingerprint density at radius 2 is 1.23 bits per heavy atom. The van der Waals surface area contributed by atoms with Crippen molar-refractivity contribution < 1.29 is 8.42 Å². The number of hydrogen-bond acceptors (Lipinski definition) is 10. The first kappa shape index (κ1) is 41.4. The summed E-state index contributed by atoms with van der Waals surface area (Å²) >= 11 is 0. The minimum atomic E-state index is -3.67. The monoisotopic (exact) mass is 826 g/mol. The van der Waals surface area contributed by atoms with Gasteiger partial charge in [-0.15, -0.1) is 0 Å². The zero-order chi connectivity index (χ0) is 41.8. The van der Waals surface area contributed by atoms with Crippen molar-refractivity contribution in [1.82, 2.24) is 34.7 Å². The SMILES string of the molecule is CC1CCN(Cc2ccccc2)CC1N(C)c1ncnc2[nH]ccc12.Cc1ccc(S(=O)(=O)N2CCc3c(N(C)C4CN(Cc5ccccc5)CCC4C)ncnc32)cc1. The van der Waals surface area contributed by atoms with Gasteiger partial charge in [0.15, 0.2) is 5.82 Å². The molecule has 1 N–H and O–H groups in total. The number of sulfonamides is 1. The molecular weight excluding hydrogens is 769 g/mol. The molecule has 13 heteroatoms. The first-order chi connectivity index (χ1) is 29.1. The van der Waals surface area contributed by atoms with Gasteiger partial charge in [0.2, 0.25) is 0 Å². The van der Waals surface area contributed by atoms with Crippen molar-refractivity contribution in [3.63, 3.8) is 0 Å². The summed E-state index contributed by atoms with van der Waals surface area (Å²) in [5.41, 5.74) is 5.55. The van der Waals surface area contributed by atoms with Crippen LogP contribution in [0, 0.1) is 18.8 Å². The van der Waals surface area contributed by atoms with E-state index >= 15 is 0 Å². The summed E-state index contributed by atoms with van der Waals surface area (Å²) in [6, 6.07) is 31.1. The van der Waals surface area contributed by atoms with Gasteiger partial charge in [0, 0.05) is 70.7 Å². The fraction of sp³-hybridized carbons (Fsp3) is 0.404. The zero-order valence-corrected chi connectivity index (χ0v) is 36.3. The van der Waals surface area contributed by atoms with Crippen molar-refractivity contribution in [2.24, 2.45) is 11.8 Å². The fourth-order valence-corrected chi connectivity index (χ4v) is 10.6. The second kappa shape index (κ2) is 18.1. The molecule has 2 saturated heterocycles. The molecular formula is C47H58N10O2S. The lowest BCUT2D eigenvalue weighted by atomic mass is 9.91. The second-order valence-corrected chi connectivity index (χ2v) is 18.8. The normalized spacial score (nSPS) is 21.0. The van der Waals surface area contributed by atoms with E-state index < -0.39 is 10.0 Å². The average Bonchev–Trinajstić information content (AvgIpc) is 3.94. The lowest BCUT2D eigenvalue weighted by Gasteiger charge is -2.42. The van der Waals surface area contributed by atoms with Gasteiger partial charge >= 0.3 is 0 Å². The Hall–Kier alpha value is -5.37. The number of anilines is 3. The lowest BCUT2D eigenvalue weighted by molar-refractivity contribution is 0.159. The predicted octanol–water partition coefficient (Wildman–Crippen LogP) is 7.19. The summed E-state index contributed by atoms with van der Waals surface area (Å²) < 4.78 is 28.3. The average molecular weight is 827 g/mol. The smallest absolute Gasteiger partial charge is 0.265 e. The largest absolute Gasteiger partial charge is 0.355 e. The quantitative estimate of drug-likeness (QED) is 0.152. The van der Waals surface area contributed by atoms with Crippen molar-refractivity contribution in [2.45, 2.75) is 70.1 Å². The highest BCUT2D eigenvalue weighted by molar-refractivity contribution is 7.92. The Kier molecular flexibility index (Phi) is 12.5. The van der Waals surface area contributed by atoms with Crippen LogP contribution >= 0.6 is 0 Å². The minimum absolute atomic E-state index is 0.286. The Balaban J connectivity index is 0.000000176. The van der Waals surface area contributed by atoms with Crippen LogP contribution in [0.25, 0.3) is 11.0 Å². The maximum Gasteiger partial charge on any atom is 0.265 e. The maximum atomic E-state index is 13.4. The third kappa shape index (κ3) is 8.89. The van der Waals surface area contributed by atoms with E-state index in [1.807, 2.05) is 25.3 Å². The number of likely N-dealkylation sites (N-methyl/N-ethyl adjacent to an activating group) is 2. The topological polar surface area (TPSA) is 118 Å². The van der Waals surface area contributed by atoms with Crippen molar-refractivity contribution >= 4 is 38.5 Å². The van der Waals surface area contributed by atoms with Gasteiger partial charge in [0.1, 0.15) is 29.9 Å². The lowest BCUT2D eigenvalue weighted by Crippen LogP contribution is -2.51. The molecule has 9 rings (SSSR count). The number of rotatable bonds is 10. The van der Waals surface area contributed by atoms with Crippen molar-refractivity contribution in [1.29, 1.82) is 0 Å². The van der Waals surface area contributed by atoms with E-state index in [2.05, 4.69) is 139 Å². The van der Waals surface area contributed by atoms with Gasteiger partial charge in [-0.3, -0.25) is 9.80 Å². The molecule has 2 fully saturated rings. The van der Waals surface area contributed by atoms with Gasteiger partial charge in [-0.25, -0.2) is 32.7 Å². The summed E-state index contributed by atoms with van der Waals surface area (Å²) in [5.74, 6) is 3.51. The molecule has 3 aliphatic heterocycles. The van der Waals surface area contributed by atoms with Crippen LogP contribution in [0.4, 0.5) is 17.5 Å². The molecule has 0 bridgehead atoms. The molecule has 0 aliphatic carbocycles. The summed E-state index contributed by atoms with van der Waals surface area (Å²) in [6.07, 6.45) is 8.02. The summed E-state index contributed by atoms with van der Waals surface area (Å²) in [4.78, 5) is 31.1. The van der Waals surface area contributed by atoms with Gasteiger partial charge in [-0.2, -0.15) is 0 Å². The number of aromatic amines is 1. The molecule has 6 heterocycles. The van der Waals surface area contributed by atoms with E-state index in [0.29, 0.717) is 41.6 Å². The van der Waals surface area contributed by atoms with Crippen LogP contribution in [-0.4, -0.2) is 102 Å². The van der Waals surface area contributed by atoms with Crippen molar-refractivity contribution in [3.8, 4) is 0 Å². The van der Waals surface area contributed by atoms with Crippen molar-refractivity contribution in [2.75, 3.05) is 60.9 Å². The van der Waals surface area contributed by atoms with E-state index in [1.54, 1.807) is 18.5 Å². The van der Waals surface area contributed by atoms with E-state index in [4.69, 9.17) is 0 Å². The highest BCUT2D eigenvalue weighted by atomic mass is 32.2. The van der Waals surface area contributed by atoms with Crippen LogP contribution < -0.4 is 14.1 Å². The molecule has 314 valence electrons. The standard InChI is InChI=1S/C27H33N5O2S.C20H25N5/c1-20-9-11-23(12-10-20)35(33,34)32-16-14-24-26(28-19-29-27(24)32)30(3)25-18-31(15-13-21(25)2)17-22-7-5-4-6-8-22;1-15-9-11-25(12-16-6-4-3-5-7-16)13-18(15)24(2)20-17-8-10-21-19(17)22-14-23-20/h4-12,19,21,25H,13-18H2,1-3H3;3-8,10,14-15,18H,9,11-13H2,1-2H3,(H,21,22,23). The third-order valence-corrected chi connectivity index (χ3v) is 14.6. The van der Waals surface area contributed by atoms with Crippen LogP contribution in [0.2, 0.25) is 0 Å². The number of benzene rings is 3.